The van der Waals surface area contributed by atoms with Crippen LogP contribution in [0.5, 0.6) is 0 Å². The Morgan fingerprint density at radius 2 is 1.15 bits per heavy atom. The van der Waals surface area contributed by atoms with Crippen molar-refractivity contribution in [3.63, 3.8) is 0 Å². The minimum Gasteiger partial charge on any atom is -0.374 e. The van der Waals surface area contributed by atoms with E-state index in [4.69, 9.17) is 0 Å². The van der Waals surface area contributed by atoms with Crippen molar-refractivity contribution >= 4 is 28.8 Å². The first-order valence-corrected chi connectivity index (χ1v) is 23.0. The zero-order valence-corrected chi connectivity index (χ0v) is 38.6. The summed E-state index contributed by atoms with van der Waals surface area (Å²) in [5.41, 5.74) is 19.1. The number of nitrogens with one attached hydrogen (secondary N) is 1. The minimum absolute atomic E-state index is 0.00967. The molecular formula is C56H61N3S. The van der Waals surface area contributed by atoms with Gasteiger partial charge in [-0.05, 0) is 117 Å². The summed E-state index contributed by atoms with van der Waals surface area (Å²) < 4.78 is 0. The highest BCUT2D eigenvalue weighted by atomic mass is 32.2. The summed E-state index contributed by atoms with van der Waals surface area (Å²) in [4.78, 5) is 6.40. The van der Waals surface area contributed by atoms with E-state index in [-0.39, 0.29) is 34.2 Å². The van der Waals surface area contributed by atoms with Crippen LogP contribution < -0.4 is 15.1 Å². The molecule has 60 heavy (non-hydrogen) atoms. The third-order valence-electron chi connectivity index (χ3n) is 13.4. The lowest BCUT2D eigenvalue weighted by Crippen LogP contribution is -2.38. The first-order valence-electron chi connectivity index (χ1n) is 22.2. The number of allylic oxidation sites excluding steroid dienone is 6. The largest absolute Gasteiger partial charge is 0.374 e. The Hall–Kier alpha value is -5.03. The first kappa shape index (κ1) is 40.4. The summed E-state index contributed by atoms with van der Waals surface area (Å²) in [6, 6.07) is 19.1. The topological polar surface area (TPSA) is 18.5 Å². The van der Waals surface area contributed by atoms with E-state index >= 15 is 0 Å². The fraction of sp³-hybridized carbons (Fsp3) is 0.393. The lowest BCUT2D eigenvalue weighted by Gasteiger charge is -2.39. The molecule has 0 bridgehead atoms. The Morgan fingerprint density at radius 3 is 1.67 bits per heavy atom. The Kier molecular flexibility index (Phi) is 10.00. The van der Waals surface area contributed by atoms with Crippen molar-refractivity contribution < 1.29 is 0 Å². The Balaban J connectivity index is 1.11. The third-order valence-corrected chi connectivity index (χ3v) is 14.7. The molecule has 6 atom stereocenters. The van der Waals surface area contributed by atoms with Gasteiger partial charge in [0, 0.05) is 63.5 Å². The van der Waals surface area contributed by atoms with E-state index in [1.54, 1.807) is 0 Å². The SMILES string of the molecule is CCN1c2ccc(C)cc2C2C=C(C)C=C(C#CC3=CC(C(C)(C)C)=CC4Sc5cc(C(C)(C)C)cc(C#CC6=CC(C)=CC7c8cc(C)ccc8N(CC)C67)c5NC34)C21. The van der Waals surface area contributed by atoms with Crippen LogP contribution in [0.4, 0.5) is 17.1 Å². The van der Waals surface area contributed by atoms with Crippen molar-refractivity contribution in [3.8, 4) is 23.7 Å². The van der Waals surface area contributed by atoms with E-state index in [1.807, 2.05) is 11.8 Å². The smallest absolute Gasteiger partial charge is 0.0750 e. The van der Waals surface area contributed by atoms with E-state index < -0.39 is 0 Å². The molecule has 3 aromatic rings. The van der Waals surface area contributed by atoms with Gasteiger partial charge in [-0.25, -0.2) is 0 Å². The predicted molar refractivity (Wildman–Crippen MR) is 258 cm³/mol. The summed E-state index contributed by atoms with van der Waals surface area (Å²) in [6.45, 7) is 29.2. The molecule has 9 rings (SSSR count). The number of likely N-dealkylation sites (N-methyl/N-ethyl adjacent to an activating group) is 2. The van der Waals surface area contributed by atoms with Crippen LogP contribution in [0.25, 0.3) is 0 Å². The fourth-order valence-electron chi connectivity index (χ4n) is 10.4. The average Bonchev–Trinajstić information content (AvgIpc) is 3.67. The van der Waals surface area contributed by atoms with Gasteiger partial charge in [-0.3, -0.25) is 0 Å². The van der Waals surface area contributed by atoms with Crippen LogP contribution in [0.1, 0.15) is 114 Å². The second-order valence-corrected chi connectivity index (χ2v) is 21.2. The van der Waals surface area contributed by atoms with E-state index in [0.29, 0.717) is 11.8 Å². The van der Waals surface area contributed by atoms with Gasteiger partial charge in [-0.2, -0.15) is 0 Å². The first-order chi connectivity index (χ1) is 28.5. The zero-order chi connectivity index (χ0) is 42.4. The molecule has 3 nitrogen and oxygen atoms in total. The number of aryl methyl sites for hydroxylation is 2. The van der Waals surface area contributed by atoms with E-state index in [2.05, 4.69) is 207 Å². The zero-order valence-electron chi connectivity index (χ0n) is 37.8. The second kappa shape index (κ2) is 14.9. The van der Waals surface area contributed by atoms with Gasteiger partial charge in [0.2, 0.25) is 0 Å². The highest BCUT2D eigenvalue weighted by molar-refractivity contribution is 8.00. The molecule has 0 fully saturated rings. The second-order valence-electron chi connectivity index (χ2n) is 20.0. The van der Waals surface area contributed by atoms with Crippen molar-refractivity contribution in [2.75, 3.05) is 28.2 Å². The van der Waals surface area contributed by atoms with Crippen LogP contribution in [0.2, 0.25) is 0 Å². The molecular weight excluding hydrogens is 747 g/mol. The molecule has 3 aromatic carbocycles. The van der Waals surface area contributed by atoms with Crippen molar-refractivity contribution in [1.82, 2.24) is 0 Å². The monoisotopic (exact) mass is 807 g/mol. The van der Waals surface area contributed by atoms with Crippen molar-refractivity contribution in [2.24, 2.45) is 5.41 Å². The number of anilines is 3. The molecule has 0 radical (unpaired) electrons. The predicted octanol–water partition coefficient (Wildman–Crippen LogP) is 12.9. The molecule has 0 amide bonds. The van der Waals surface area contributed by atoms with Gasteiger partial charge in [0.05, 0.1) is 29.1 Å². The number of hydrogen-bond donors (Lipinski definition) is 1. The Labute approximate surface area is 364 Å². The van der Waals surface area contributed by atoms with Gasteiger partial charge in [0.25, 0.3) is 0 Å². The molecule has 0 spiro atoms. The summed E-state index contributed by atoms with van der Waals surface area (Å²) in [5, 5.41) is 4.31. The highest BCUT2D eigenvalue weighted by Crippen LogP contribution is 2.50. The maximum absolute atomic E-state index is 4.11. The van der Waals surface area contributed by atoms with Gasteiger partial charge < -0.3 is 15.1 Å². The van der Waals surface area contributed by atoms with E-state index in [9.17, 15) is 0 Å². The molecule has 3 aliphatic heterocycles. The molecule has 6 aliphatic rings. The van der Waals surface area contributed by atoms with Crippen molar-refractivity contribution in [3.05, 3.63) is 152 Å². The van der Waals surface area contributed by atoms with Gasteiger partial charge in [0.1, 0.15) is 0 Å². The van der Waals surface area contributed by atoms with Crippen molar-refractivity contribution in [1.29, 1.82) is 0 Å². The minimum atomic E-state index is -0.0278. The summed E-state index contributed by atoms with van der Waals surface area (Å²) in [6.07, 6.45) is 14.5. The number of rotatable bonds is 2. The molecule has 3 heterocycles. The van der Waals surface area contributed by atoms with Crippen LogP contribution in [0.3, 0.4) is 0 Å². The normalized spacial score (nSPS) is 24.8. The highest BCUT2D eigenvalue weighted by Gasteiger charge is 2.42. The maximum atomic E-state index is 4.11. The van der Waals surface area contributed by atoms with Crippen LogP contribution >= 0.6 is 11.8 Å². The molecule has 0 aromatic heterocycles. The van der Waals surface area contributed by atoms with Crippen LogP contribution in [0, 0.1) is 42.9 Å². The lowest BCUT2D eigenvalue weighted by atomic mass is 9.79. The van der Waals surface area contributed by atoms with Crippen LogP contribution in [0.15, 0.2) is 123 Å². The number of benzene rings is 3. The number of fused-ring (bicyclic) bond motifs is 8. The molecule has 0 saturated heterocycles. The maximum Gasteiger partial charge on any atom is 0.0750 e. The number of nitrogens with zero attached hydrogens (tertiary/aromatic N) is 2. The average molecular weight is 808 g/mol. The van der Waals surface area contributed by atoms with Gasteiger partial charge >= 0.3 is 0 Å². The molecule has 306 valence electrons. The van der Waals surface area contributed by atoms with Crippen LogP contribution in [-0.4, -0.2) is 36.5 Å². The van der Waals surface area contributed by atoms with Gasteiger partial charge in [0.15, 0.2) is 0 Å². The van der Waals surface area contributed by atoms with Crippen LogP contribution in [-0.2, 0) is 5.41 Å². The fourth-order valence-corrected chi connectivity index (χ4v) is 11.7. The number of thioether (sulfide) groups is 1. The summed E-state index contributed by atoms with van der Waals surface area (Å²) in [7, 11) is 0. The summed E-state index contributed by atoms with van der Waals surface area (Å²) in [5.74, 6) is 15.9. The summed E-state index contributed by atoms with van der Waals surface area (Å²) >= 11 is 1.98. The third kappa shape index (κ3) is 7.00. The van der Waals surface area contributed by atoms with Gasteiger partial charge in [-0.1, -0.05) is 130 Å². The standard InChI is InChI=1S/C56H61N3S/c1-13-58-47-21-15-33(3)25-43(47)45-27-35(5)23-39(53(45)58)19-17-37-29-41(55(7,8)9)31-49-51(37)57-52-38(30-42(56(10,11)12)32-50(52)60-49)18-20-40-24-36(6)28-46-44-26-34(4)16-22-48(44)59(14-2)54(40)46/h15-16,21-32,45-46,49,51,53-54,57H,13-14H2,1-12H3. The van der Waals surface area contributed by atoms with E-state index in [0.717, 1.165) is 29.9 Å². The van der Waals surface area contributed by atoms with Crippen molar-refractivity contribution in [2.45, 2.75) is 129 Å². The van der Waals surface area contributed by atoms with E-state index in [1.165, 1.54) is 72.0 Å². The Morgan fingerprint density at radius 1 is 0.617 bits per heavy atom. The molecule has 1 N–H and O–H groups in total. The lowest BCUT2D eigenvalue weighted by molar-refractivity contribution is 0.510. The molecule has 3 aliphatic carbocycles. The molecule has 0 saturated carbocycles. The molecule has 4 heteroatoms. The quantitative estimate of drug-likeness (QED) is 0.260. The molecule has 6 unspecified atom stereocenters. The van der Waals surface area contributed by atoms with Gasteiger partial charge in [-0.15, -0.1) is 11.8 Å². The Bertz CT molecular complexity index is 2640. The number of hydrogen-bond acceptors (Lipinski definition) is 4.